The predicted octanol–water partition coefficient (Wildman–Crippen LogP) is 0.975. The smallest absolute Gasteiger partial charge is 0.239 e. The zero-order chi connectivity index (χ0) is 14.5. The minimum absolute atomic E-state index is 0.00983. The van der Waals surface area contributed by atoms with Gasteiger partial charge in [-0.05, 0) is 25.7 Å². The van der Waals surface area contributed by atoms with Gasteiger partial charge >= 0.3 is 0 Å². The highest BCUT2D eigenvalue weighted by atomic mass is 16.2. The second kappa shape index (κ2) is 7.07. The van der Waals surface area contributed by atoms with E-state index in [-0.39, 0.29) is 11.8 Å². The van der Waals surface area contributed by atoms with Crippen LogP contribution in [0.3, 0.4) is 0 Å². The molecule has 1 aliphatic heterocycles. The van der Waals surface area contributed by atoms with Crippen LogP contribution >= 0.6 is 0 Å². The van der Waals surface area contributed by atoms with Crippen LogP contribution in [0.2, 0.25) is 0 Å². The van der Waals surface area contributed by atoms with Crippen LogP contribution in [0.5, 0.6) is 0 Å². The van der Waals surface area contributed by atoms with E-state index in [0.717, 1.165) is 0 Å². The molecule has 2 rings (SSSR count). The van der Waals surface area contributed by atoms with Gasteiger partial charge in [0.15, 0.2) is 0 Å². The molecule has 2 fully saturated rings. The van der Waals surface area contributed by atoms with Crippen molar-refractivity contribution < 1.29 is 9.59 Å². The van der Waals surface area contributed by atoms with Crippen LogP contribution in [0.1, 0.15) is 45.4 Å². The minimum Gasteiger partial charge on any atom is -0.339 e. The SMILES string of the molecule is C[C@H](N)C(=O)N1CCN(C(=O)CC2CCCCC2)CC1. The standard InChI is InChI=1S/C15H27N3O2/c1-12(16)15(20)18-9-7-17(8-10-18)14(19)11-13-5-3-2-4-6-13/h12-13H,2-11,16H2,1H3/t12-/m0/s1. The lowest BCUT2D eigenvalue weighted by Gasteiger charge is -2.36. The van der Waals surface area contributed by atoms with Gasteiger partial charge in [-0.25, -0.2) is 0 Å². The van der Waals surface area contributed by atoms with Gasteiger partial charge in [-0.1, -0.05) is 19.3 Å². The summed E-state index contributed by atoms with van der Waals surface area (Å²) in [5.74, 6) is 0.842. The second-order valence-electron chi connectivity index (χ2n) is 6.20. The largest absolute Gasteiger partial charge is 0.339 e. The summed E-state index contributed by atoms with van der Waals surface area (Å²) in [6, 6.07) is -0.445. The van der Waals surface area contributed by atoms with Crippen LogP contribution in [0.4, 0.5) is 0 Å². The Morgan fingerprint density at radius 1 is 1.05 bits per heavy atom. The van der Waals surface area contributed by atoms with E-state index in [1.165, 1.54) is 32.1 Å². The molecule has 1 atom stereocenters. The Kier molecular flexibility index (Phi) is 5.40. The van der Waals surface area contributed by atoms with E-state index < -0.39 is 6.04 Å². The molecule has 2 aliphatic rings. The lowest BCUT2D eigenvalue weighted by atomic mass is 9.86. The van der Waals surface area contributed by atoms with Crippen LogP contribution in [-0.4, -0.2) is 53.8 Å². The third-order valence-electron chi connectivity index (χ3n) is 4.52. The van der Waals surface area contributed by atoms with Crippen LogP contribution in [-0.2, 0) is 9.59 Å². The summed E-state index contributed by atoms with van der Waals surface area (Å²) in [6.07, 6.45) is 6.97. The van der Waals surface area contributed by atoms with E-state index in [1.54, 1.807) is 11.8 Å². The van der Waals surface area contributed by atoms with Crippen molar-refractivity contribution in [3.63, 3.8) is 0 Å². The molecule has 20 heavy (non-hydrogen) atoms. The van der Waals surface area contributed by atoms with Gasteiger partial charge in [-0.15, -0.1) is 0 Å². The Morgan fingerprint density at radius 3 is 2.15 bits per heavy atom. The molecule has 1 saturated heterocycles. The van der Waals surface area contributed by atoms with Crippen molar-refractivity contribution in [3.05, 3.63) is 0 Å². The van der Waals surface area contributed by atoms with Gasteiger partial charge in [-0.3, -0.25) is 9.59 Å². The summed E-state index contributed by atoms with van der Waals surface area (Å²) in [7, 11) is 0. The summed E-state index contributed by atoms with van der Waals surface area (Å²) >= 11 is 0. The number of carbonyl (C=O) groups is 2. The zero-order valence-electron chi connectivity index (χ0n) is 12.5. The van der Waals surface area contributed by atoms with Crippen molar-refractivity contribution in [2.45, 2.75) is 51.5 Å². The Hall–Kier alpha value is -1.10. The van der Waals surface area contributed by atoms with Crippen LogP contribution < -0.4 is 5.73 Å². The van der Waals surface area contributed by atoms with Gasteiger partial charge < -0.3 is 15.5 Å². The number of amides is 2. The van der Waals surface area contributed by atoms with Gasteiger partial charge in [0.1, 0.15) is 0 Å². The number of rotatable bonds is 3. The first-order valence-electron chi connectivity index (χ1n) is 7.90. The van der Waals surface area contributed by atoms with Gasteiger partial charge in [0.25, 0.3) is 0 Å². The summed E-state index contributed by atoms with van der Waals surface area (Å²) in [5.41, 5.74) is 5.61. The lowest BCUT2D eigenvalue weighted by Crippen LogP contribution is -2.53. The highest BCUT2D eigenvalue weighted by Gasteiger charge is 2.27. The number of hydrogen-bond acceptors (Lipinski definition) is 3. The van der Waals surface area contributed by atoms with E-state index in [4.69, 9.17) is 5.73 Å². The fourth-order valence-electron chi connectivity index (χ4n) is 3.23. The maximum Gasteiger partial charge on any atom is 0.239 e. The summed E-state index contributed by atoms with van der Waals surface area (Å²) in [5, 5.41) is 0. The topological polar surface area (TPSA) is 66.6 Å². The maximum atomic E-state index is 12.3. The monoisotopic (exact) mass is 281 g/mol. The summed E-state index contributed by atoms with van der Waals surface area (Å²) in [4.78, 5) is 27.8. The highest BCUT2D eigenvalue weighted by molar-refractivity contribution is 5.82. The van der Waals surface area contributed by atoms with E-state index >= 15 is 0 Å². The Labute approximate surface area is 121 Å². The molecule has 2 amide bonds. The minimum atomic E-state index is -0.445. The molecule has 5 heteroatoms. The van der Waals surface area contributed by atoms with E-state index in [9.17, 15) is 9.59 Å². The van der Waals surface area contributed by atoms with Gasteiger partial charge in [0.2, 0.25) is 11.8 Å². The molecule has 0 aromatic rings. The van der Waals surface area contributed by atoms with Crippen molar-refractivity contribution in [3.8, 4) is 0 Å². The molecule has 0 radical (unpaired) electrons. The van der Waals surface area contributed by atoms with Crippen LogP contribution in [0.15, 0.2) is 0 Å². The van der Waals surface area contributed by atoms with Crippen molar-refractivity contribution in [2.75, 3.05) is 26.2 Å². The molecule has 5 nitrogen and oxygen atoms in total. The quantitative estimate of drug-likeness (QED) is 0.838. The summed E-state index contributed by atoms with van der Waals surface area (Å²) in [6.45, 7) is 4.27. The first kappa shape index (κ1) is 15.3. The maximum absolute atomic E-state index is 12.3. The van der Waals surface area contributed by atoms with Gasteiger partial charge in [-0.2, -0.15) is 0 Å². The van der Waals surface area contributed by atoms with Crippen molar-refractivity contribution >= 4 is 11.8 Å². The Bertz CT molecular complexity index is 343. The molecule has 2 N–H and O–H groups in total. The molecule has 0 aromatic heterocycles. The summed E-state index contributed by atoms with van der Waals surface area (Å²) < 4.78 is 0. The fraction of sp³-hybridized carbons (Fsp3) is 0.867. The van der Waals surface area contributed by atoms with Crippen molar-refractivity contribution in [1.29, 1.82) is 0 Å². The Balaban J connectivity index is 1.75. The number of nitrogens with two attached hydrogens (primary N) is 1. The number of nitrogens with zero attached hydrogens (tertiary/aromatic N) is 2. The molecule has 0 bridgehead atoms. The van der Waals surface area contributed by atoms with Crippen molar-refractivity contribution in [2.24, 2.45) is 11.7 Å². The normalized spacial score (nSPS) is 22.7. The molecule has 0 unspecified atom stereocenters. The molecule has 1 heterocycles. The van der Waals surface area contributed by atoms with Crippen LogP contribution in [0.25, 0.3) is 0 Å². The number of carbonyl (C=O) groups excluding carboxylic acids is 2. The number of hydrogen-bond donors (Lipinski definition) is 1. The van der Waals surface area contributed by atoms with E-state index in [1.807, 2.05) is 4.90 Å². The van der Waals surface area contributed by atoms with Gasteiger partial charge in [0.05, 0.1) is 6.04 Å². The van der Waals surface area contributed by atoms with Gasteiger partial charge in [0, 0.05) is 32.6 Å². The fourth-order valence-corrected chi connectivity index (χ4v) is 3.23. The van der Waals surface area contributed by atoms with Crippen LogP contribution in [0, 0.1) is 5.92 Å². The van der Waals surface area contributed by atoms with Crippen molar-refractivity contribution in [1.82, 2.24) is 9.80 Å². The zero-order valence-corrected chi connectivity index (χ0v) is 12.5. The molecule has 1 saturated carbocycles. The molecular formula is C15H27N3O2. The first-order valence-corrected chi connectivity index (χ1v) is 7.90. The first-order chi connectivity index (χ1) is 9.58. The van der Waals surface area contributed by atoms with E-state index in [2.05, 4.69) is 0 Å². The third-order valence-corrected chi connectivity index (χ3v) is 4.52. The second-order valence-corrected chi connectivity index (χ2v) is 6.20. The Morgan fingerprint density at radius 2 is 1.60 bits per heavy atom. The molecule has 0 spiro atoms. The third kappa shape index (κ3) is 3.95. The molecule has 0 aromatic carbocycles. The molecule has 1 aliphatic carbocycles. The number of piperazine rings is 1. The average molecular weight is 281 g/mol. The highest BCUT2D eigenvalue weighted by Crippen LogP contribution is 2.27. The molecular weight excluding hydrogens is 254 g/mol. The molecule has 114 valence electrons. The lowest BCUT2D eigenvalue weighted by molar-refractivity contribution is -0.140. The van der Waals surface area contributed by atoms with E-state index in [0.29, 0.717) is 38.5 Å². The average Bonchev–Trinajstić information content (AvgIpc) is 2.47. The predicted molar refractivity (Wildman–Crippen MR) is 78.0 cm³/mol.